The smallest absolute Gasteiger partial charge is 0.303 e. The highest BCUT2D eigenvalue weighted by molar-refractivity contribution is 5.88. The fraction of sp³-hybridized carbons (Fsp3) is 0.478. The van der Waals surface area contributed by atoms with E-state index in [1.807, 2.05) is 12.1 Å². The van der Waals surface area contributed by atoms with E-state index in [2.05, 4.69) is 20.1 Å². The Morgan fingerprint density at radius 1 is 1.22 bits per heavy atom. The number of fused-ring (bicyclic) bond motifs is 1. The number of aliphatic carboxylic acids is 1. The molecule has 9 heteroatoms. The van der Waals surface area contributed by atoms with E-state index in [-0.39, 0.29) is 16.8 Å². The quantitative estimate of drug-likeness (QED) is 0.639. The van der Waals surface area contributed by atoms with Crippen molar-refractivity contribution in [1.82, 2.24) is 24.7 Å². The number of rotatable bonds is 4. The summed E-state index contributed by atoms with van der Waals surface area (Å²) in [6, 6.07) is 3.85. The Bertz CT molecular complexity index is 1240. The van der Waals surface area contributed by atoms with Gasteiger partial charge in [-0.2, -0.15) is 9.78 Å². The number of hydrogen-bond donors (Lipinski definition) is 2. The van der Waals surface area contributed by atoms with Crippen molar-refractivity contribution in [3.63, 3.8) is 0 Å². The van der Waals surface area contributed by atoms with Crippen LogP contribution in [0.3, 0.4) is 0 Å². The van der Waals surface area contributed by atoms with E-state index in [1.54, 1.807) is 13.1 Å². The normalized spacial score (nSPS) is 25.0. The second-order valence-electron chi connectivity index (χ2n) is 9.37. The summed E-state index contributed by atoms with van der Waals surface area (Å²) >= 11 is 0. The zero-order valence-corrected chi connectivity index (χ0v) is 18.0. The third-order valence-corrected chi connectivity index (χ3v) is 7.26. The molecule has 2 aliphatic carbocycles. The van der Waals surface area contributed by atoms with Crippen LogP contribution in [0.25, 0.3) is 16.6 Å². The third-order valence-electron chi connectivity index (χ3n) is 7.26. The zero-order valence-electron chi connectivity index (χ0n) is 18.0. The summed E-state index contributed by atoms with van der Waals surface area (Å²) in [5.41, 5.74) is 8.57. The SMILES string of the molecule is Cc1nn(-c2ccc(C3CCC4(CC3)CC(CC(=O)O)C4)nc2)c(=O)c2c(N)ncnc12. The molecule has 2 fully saturated rings. The Labute approximate surface area is 184 Å². The third kappa shape index (κ3) is 3.51. The summed E-state index contributed by atoms with van der Waals surface area (Å²) in [4.78, 5) is 36.6. The highest BCUT2D eigenvalue weighted by Gasteiger charge is 2.46. The van der Waals surface area contributed by atoms with Gasteiger partial charge in [-0.05, 0) is 68.9 Å². The molecule has 1 spiro atoms. The molecule has 3 aromatic rings. The van der Waals surface area contributed by atoms with E-state index in [4.69, 9.17) is 10.8 Å². The summed E-state index contributed by atoms with van der Waals surface area (Å²) in [7, 11) is 0. The molecule has 166 valence electrons. The van der Waals surface area contributed by atoms with Gasteiger partial charge in [0.1, 0.15) is 23.0 Å². The lowest BCUT2D eigenvalue weighted by Crippen LogP contribution is -2.40. The molecule has 0 amide bonds. The van der Waals surface area contributed by atoms with Gasteiger partial charge in [0.15, 0.2) is 0 Å². The highest BCUT2D eigenvalue weighted by Crippen LogP contribution is 2.57. The molecule has 2 saturated carbocycles. The number of nitrogens with two attached hydrogens (primary N) is 1. The van der Waals surface area contributed by atoms with Crippen molar-refractivity contribution in [3.8, 4) is 5.69 Å². The Morgan fingerprint density at radius 3 is 2.62 bits per heavy atom. The molecular formula is C23H26N6O3. The summed E-state index contributed by atoms with van der Waals surface area (Å²) in [6.45, 7) is 1.78. The van der Waals surface area contributed by atoms with E-state index in [0.717, 1.165) is 44.2 Å². The van der Waals surface area contributed by atoms with Crippen molar-refractivity contribution < 1.29 is 9.90 Å². The van der Waals surface area contributed by atoms with Gasteiger partial charge in [0.05, 0.1) is 17.6 Å². The average molecular weight is 435 g/mol. The lowest BCUT2D eigenvalue weighted by Gasteiger charge is -2.51. The Kier molecular flexibility index (Phi) is 4.91. The molecule has 0 aliphatic heterocycles. The maximum absolute atomic E-state index is 13.0. The molecule has 0 saturated heterocycles. The summed E-state index contributed by atoms with van der Waals surface area (Å²) < 4.78 is 1.31. The Hall–Kier alpha value is -3.36. The molecule has 0 radical (unpaired) electrons. The lowest BCUT2D eigenvalue weighted by molar-refractivity contribution is -0.140. The van der Waals surface area contributed by atoms with Gasteiger partial charge in [0.2, 0.25) is 0 Å². The van der Waals surface area contributed by atoms with E-state index in [9.17, 15) is 9.59 Å². The highest BCUT2D eigenvalue weighted by atomic mass is 16.4. The minimum Gasteiger partial charge on any atom is -0.481 e. The minimum absolute atomic E-state index is 0.140. The summed E-state index contributed by atoms with van der Waals surface area (Å²) in [6.07, 6.45) is 9.78. The molecule has 32 heavy (non-hydrogen) atoms. The Morgan fingerprint density at radius 2 is 1.97 bits per heavy atom. The number of carbonyl (C=O) groups is 1. The second kappa shape index (κ2) is 7.65. The number of nitrogen functional groups attached to an aromatic ring is 1. The molecule has 5 rings (SSSR count). The fourth-order valence-corrected chi connectivity index (χ4v) is 5.66. The van der Waals surface area contributed by atoms with Gasteiger partial charge in [0, 0.05) is 18.0 Å². The Balaban J connectivity index is 1.32. The molecule has 3 N–H and O–H groups in total. The molecule has 2 aliphatic rings. The van der Waals surface area contributed by atoms with Gasteiger partial charge in [-0.25, -0.2) is 9.97 Å². The molecule has 0 aromatic carbocycles. The van der Waals surface area contributed by atoms with E-state index in [1.165, 1.54) is 11.0 Å². The molecule has 3 heterocycles. The van der Waals surface area contributed by atoms with Crippen LogP contribution in [0.5, 0.6) is 0 Å². The predicted molar refractivity (Wildman–Crippen MR) is 118 cm³/mol. The van der Waals surface area contributed by atoms with Crippen LogP contribution in [0.2, 0.25) is 0 Å². The average Bonchev–Trinajstić information content (AvgIpc) is 2.75. The van der Waals surface area contributed by atoms with Gasteiger partial charge in [-0.3, -0.25) is 14.6 Å². The van der Waals surface area contributed by atoms with Crippen LogP contribution in [0.4, 0.5) is 5.82 Å². The van der Waals surface area contributed by atoms with Crippen LogP contribution >= 0.6 is 0 Å². The van der Waals surface area contributed by atoms with E-state index < -0.39 is 5.97 Å². The van der Waals surface area contributed by atoms with Crippen molar-refractivity contribution >= 4 is 22.7 Å². The number of pyridine rings is 1. The maximum atomic E-state index is 13.0. The zero-order chi connectivity index (χ0) is 22.5. The molecule has 0 bridgehead atoms. The van der Waals surface area contributed by atoms with Crippen molar-refractivity contribution in [3.05, 3.63) is 46.4 Å². The minimum atomic E-state index is -0.687. The lowest BCUT2D eigenvalue weighted by atomic mass is 9.54. The number of aromatic nitrogens is 5. The van der Waals surface area contributed by atoms with E-state index in [0.29, 0.717) is 40.6 Å². The van der Waals surface area contributed by atoms with Gasteiger partial charge < -0.3 is 10.8 Å². The van der Waals surface area contributed by atoms with Crippen LogP contribution in [0, 0.1) is 18.3 Å². The maximum Gasteiger partial charge on any atom is 0.303 e. The van der Waals surface area contributed by atoms with Crippen LogP contribution in [0.15, 0.2) is 29.5 Å². The van der Waals surface area contributed by atoms with Crippen molar-refractivity contribution in [1.29, 1.82) is 0 Å². The summed E-state index contributed by atoms with van der Waals surface area (Å²) in [5.74, 6) is 0.187. The van der Waals surface area contributed by atoms with Crippen LogP contribution in [0.1, 0.15) is 62.3 Å². The standard InChI is InChI=1S/C23H26N6O3/c1-13-20-19(21(24)27-12-26-20)22(32)29(28-13)16-2-3-17(25-11-16)15-4-6-23(7-5-15)9-14(10-23)8-18(30)31/h2-3,11-12,14-15H,4-10H2,1H3,(H,30,31)(H2,24,26,27). The number of hydrogen-bond acceptors (Lipinski definition) is 7. The largest absolute Gasteiger partial charge is 0.481 e. The van der Waals surface area contributed by atoms with Crippen molar-refractivity contribution in [2.45, 2.75) is 57.8 Å². The predicted octanol–water partition coefficient (Wildman–Crippen LogP) is 2.99. The van der Waals surface area contributed by atoms with Gasteiger partial charge in [0.25, 0.3) is 5.56 Å². The van der Waals surface area contributed by atoms with Crippen molar-refractivity contribution in [2.24, 2.45) is 11.3 Å². The number of carboxylic acids is 1. The first-order valence-electron chi connectivity index (χ1n) is 11.0. The number of carboxylic acid groups (broad SMARTS) is 1. The van der Waals surface area contributed by atoms with Gasteiger partial charge >= 0.3 is 5.97 Å². The van der Waals surface area contributed by atoms with Crippen LogP contribution in [-0.2, 0) is 4.79 Å². The van der Waals surface area contributed by atoms with Crippen molar-refractivity contribution in [2.75, 3.05) is 5.73 Å². The first-order valence-corrected chi connectivity index (χ1v) is 11.0. The fourth-order valence-electron chi connectivity index (χ4n) is 5.66. The molecule has 9 nitrogen and oxygen atoms in total. The van der Waals surface area contributed by atoms with Gasteiger partial charge in [-0.15, -0.1) is 0 Å². The number of anilines is 1. The van der Waals surface area contributed by atoms with Gasteiger partial charge in [-0.1, -0.05) is 0 Å². The first-order chi connectivity index (χ1) is 15.3. The first kappa shape index (κ1) is 20.5. The molecule has 0 atom stereocenters. The monoisotopic (exact) mass is 434 g/mol. The second-order valence-corrected chi connectivity index (χ2v) is 9.37. The van der Waals surface area contributed by atoms with Crippen LogP contribution < -0.4 is 11.3 Å². The van der Waals surface area contributed by atoms with E-state index >= 15 is 0 Å². The molecular weight excluding hydrogens is 408 g/mol. The van der Waals surface area contributed by atoms with Crippen LogP contribution in [-0.4, -0.2) is 35.8 Å². The summed E-state index contributed by atoms with van der Waals surface area (Å²) in [5, 5.41) is 13.6. The molecule has 0 unspecified atom stereocenters. The number of nitrogens with zero attached hydrogens (tertiary/aromatic N) is 5. The molecule has 3 aromatic heterocycles. The number of aryl methyl sites for hydroxylation is 1. The topological polar surface area (TPSA) is 137 Å².